The summed E-state index contributed by atoms with van der Waals surface area (Å²) in [6, 6.07) is 56.5. The quantitative estimate of drug-likeness (QED) is 0.174. The maximum absolute atomic E-state index is 5.22. The highest BCUT2D eigenvalue weighted by atomic mass is 15.0. The van der Waals surface area contributed by atoms with E-state index in [9.17, 15) is 0 Å². The molecule has 0 aliphatic rings. The van der Waals surface area contributed by atoms with Crippen LogP contribution in [0.1, 0.15) is 0 Å². The molecular weight excluding hydrogens is 623 g/mol. The highest BCUT2D eigenvalue weighted by molar-refractivity contribution is 6.16. The molecule has 0 radical (unpaired) electrons. The number of para-hydroxylation sites is 2. The summed E-state index contributed by atoms with van der Waals surface area (Å²) in [4.78, 5) is 20.6. The van der Waals surface area contributed by atoms with Gasteiger partial charge in [0, 0.05) is 56.2 Å². The average molecular weight is 652 g/mol. The van der Waals surface area contributed by atoms with Crippen LogP contribution in [0.25, 0.3) is 94.5 Å². The zero-order valence-corrected chi connectivity index (χ0v) is 27.5. The Morgan fingerprint density at radius 1 is 0.373 bits per heavy atom. The molecule has 5 nitrogen and oxygen atoms in total. The summed E-state index contributed by atoms with van der Waals surface area (Å²) in [6.45, 7) is 0. The molecule has 0 bridgehead atoms. The Hall–Kier alpha value is -6.98. The van der Waals surface area contributed by atoms with Crippen LogP contribution in [0, 0.1) is 0 Å². The largest absolute Gasteiger partial charge is 0.306 e. The van der Waals surface area contributed by atoms with Gasteiger partial charge in [0.1, 0.15) is 5.65 Å². The third-order valence-electron chi connectivity index (χ3n) is 9.62. The Morgan fingerprint density at radius 2 is 0.961 bits per heavy atom. The molecule has 6 aromatic carbocycles. The van der Waals surface area contributed by atoms with Crippen molar-refractivity contribution in [1.82, 2.24) is 24.3 Å². The molecule has 5 heteroatoms. The highest BCUT2D eigenvalue weighted by Gasteiger charge is 2.17. The summed E-state index contributed by atoms with van der Waals surface area (Å²) < 4.78 is 2.12. The lowest BCUT2D eigenvalue weighted by Crippen LogP contribution is -1.96. The van der Waals surface area contributed by atoms with Crippen molar-refractivity contribution in [3.63, 3.8) is 0 Å². The molecule has 0 saturated carbocycles. The zero-order valence-electron chi connectivity index (χ0n) is 27.5. The third kappa shape index (κ3) is 5.03. The van der Waals surface area contributed by atoms with Gasteiger partial charge in [0.15, 0.2) is 5.82 Å². The van der Waals surface area contributed by atoms with Crippen molar-refractivity contribution < 1.29 is 0 Å². The van der Waals surface area contributed by atoms with Crippen molar-refractivity contribution in [3.8, 4) is 56.3 Å². The maximum Gasteiger partial charge on any atom is 0.160 e. The minimum Gasteiger partial charge on any atom is -0.306 e. The van der Waals surface area contributed by atoms with E-state index in [4.69, 9.17) is 19.9 Å². The molecule has 0 amide bonds. The van der Waals surface area contributed by atoms with Crippen molar-refractivity contribution in [1.29, 1.82) is 0 Å². The highest BCUT2D eigenvalue weighted by Crippen LogP contribution is 2.37. The van der Waals surface area contributed by atoms with Crippen molar-refractivity contribution in [2.45, 2.75) is 0 Å². The SMILES string of the molecule is c1ccc(-c2cccc(-c3nc(-c4ccc(-c5nc6ccccc6c6c5ccn5cc(-c7ccccc7)nc65)cc4)c4ccccc4n3)c2)cc1. The van der Waals surface area contributed by atoms with E-state index in [0.717, 1.165) is 88.7 Å². The smallest absolute Gasteiger partial charge is 0.160 e. The predicted octanol–water partition coefficient (Wildman–Crippen LogP) is 11.3. The van der Waals surface area contributed by atoms with Crippen LogP contribution in [-0.4, -0.2) is 24.3 Å². The topological polar surface area (TPSA) is 56.0 Å². The van der Waals surface area contributed by atoms with Gasteiger partial charge in [-0.25, -0.2) is 19.9 Å². The van der Waals surface area contributed by atoms with Gasteiger partial charge in [0.2, 0.25) is 0 Å². The van der Waals surface area contributed by atoms with Gasteiger partial charge in [0.25, 0.3) is 0 Å². The van der Waals surface area contributed by atoms with Crippen molar-refractivity contribution in [3.05, 3.63) is 176 Å². The summed E-state index contributed by atoms with van der Waals surface area (Å²) in [5.41, 5.74) is 11.9. The fraction of sp³-hybridized carbons (Fsp3) is 0. The lowest BCUT2D eigenvalue weighted by atomic mass is 9.98. The third-order valence-corrected chi connectivity index (χ3v) is 9.62. The molecule has 4 aromatic heterocycles. The van der Waals surface area contributed by atoms with Crippen molar-refractivity contribution in [2.24, 2.45) is 0 Å². The second-order valence-corrected chi connectivity index (χ2v) is 12.7. The second kappa shape index (κ2) is 11.9. The second-order valence-electron chi connectivity index (χ2n) is 12.7. The summed E-state index contributed by atoms with van der Waals surface area (Å²) in [5.74, 6) is 0.700. The number of benzene rings is 6. The minimum atomic E-state index is 0.700. The molecule has 0 saturated heterocycles. The molecule has 0 aliphatic heterocycles. The van der Waals surface area contributed by atoms with Crippen LogP contribution in [0.2, 0.25) is 0 Å². The number of pyridine rings is 2. The van der Waals surface area contributed by atoms with Crippen LogP contribution in [0.15, 0.2) is 176 Å². The molecule has 51 heavy (non-hydrogen) atoms. The van der Waals surface area contributed by atoms with Gasteiger partial charge in [0.05, 0.1) is 28.1 Å². The van der Waals surface area contributed by atoms with Gasteiger partial charge < -0.3 is 4.40 Å². The Kier molecular flexibility index (Phi) is 6.74. The average Bonchev–Trinajstić information content (AvgIpc) is 3.66. The van der Waals surface area contributed by atoms with Gasteiger partial charge in [-0.15, -0.1) is 0 Å². The molecule has 0 aliphatic carbocycles. The number of rotatable bonds is 5. The number of nitrogens with zero attached hydrogens (tertiary/aromatic N) is 5. The molecule has 0 atom stereocenters. The normalized spacial score (nSPS) is 11.5. The molecule has 0 N–H and O–H groups in total. The van der Waals surface area contributed by atoms with E-state index in [0.29, 0.717) is 5.82 Å². The van der Waals surface area contributed by atoms with E-state index >= 15 is 0 Å². The van der Waals surface area contributed by atoms with E-state index in [2.05, 4.69) is 138 Å². The fourth-order valence-electron chi connectivity index (χ4n) is 7.13. The van der Waals surface area contributed by atoms with Crippen molar-refractivity contribution in [2.75, 3.05) is 0 Å². The van der Waals surface area contributed by atoms with Gasteiger partial charge >= 0.3 is 0 Å². The van der Waals surface area contributed by atoms with Crippen molar-refractivity contribution >= 4 is 38.2 Å². The van der Waals surface area contributed by atoms with E-state index in [1.54, 1.807) is 0 Å². The van der Waals surface area contributed by atoms with E-state index in [1.807, 2.05) is 42.5 Å². The Balaban J connectivity index is 1.10. The van der Waals surface area contributed by atoms with Crippen LogP contribution < -0.4 is 0 Å². The first-order chi connectivity index (χ1) is 25.3. The Morgan fingerprint density at radius 3 is 1.71 bits per heavy atom. The van der Waals surface area contributed by atoms with E-state index < -0.39 is 0 Å². The minimum absolute atomic E-state index is 0.700. The first-order valence-corrected chi connectivity index (χ1v) is 17.1. The molecule has 238 valence electrons. The van der Waals surface area contributed by atoms with Gasteiger partial charge in [-0.2, -0.15) is 0 Å². The first kappa shape index (κ1) is 29.0. The van der Waals surface area contributed by atoms with Gasteiger partial charge in [-0.3, -0.25) is 0 Å². The zero-order chi connectivity index (χ0) is 33.7. The lowest BCUT2D eigenvalue weighted by molar-refractivity contribution is 1.20. The number of imidazole rings is 1. The fourth-order valence-corrected chi connectivity index (χ4v) is 7.13. The number of hydrogen-bond donors (Lipinski definition) is 0. The Labute approximate surface area is 294 Å². The van der Waals surface area contributed by atoms with Crippen LogP contribution in [0.5, 0.6) is 0 Å². The molecule has 10 rings (SSSR count). The van der Waals surface area contributed by atoms with E-state index in [-0.39, 0.29) is 0 Å². The summed E-state index contributed by atoms with van der Waals surface area (Å²) in [5, 5.41) is 4.25. The summed E-state index contributed by atoms with van der Waals surface area (Å²) in [7, 11) is 0. The predicted molar refractivity (Wildman–Crippen MR) is 208 cm³/mol. The number of aromatic nitrogens is 5. The monoisotopic (exact) mass is 651 g/mol. The number of hydrogen-bond acceptors (Lipinski definition) is 4. The molecule has 4 heterocycles. The van der Waals surface area contributed by atoms with Gasteiger partial charge in [-0.05, 0) is 35.4 Å². The summed E-state index contributed by atoms with van der Waals surface area (Å²) in [6.07, 6.45) is 4.19. The molecule has 0 unspecified atom stereocenters. The molecule has 0 spiro atoms. The standard InChI is InChI=1S/C46H29N5/c1-3-12-30(13-4-1)34-16-11-17-35(28-34)45-48-40-21-10-8-19-37(40)43(50-45)32-22-24-33(25-23-32)44-38-26-27-51-29-41(31-14-5-2-6-15-31)49-46(51)42(38)36-18-7-9-20-39(36)47-44/h1-29H. The van der Waals surface area contributed by atoms with E-state index in [1.165, 1.54) is 0 Å². The molecule has 0 fully saturated rings. The summed E-state index contributed by atoms with van der Waals surface area (Å²) >= 11 is 0. The number of fused-ring (bicyclic) bond motifs is 6. The first-order valence-electron chi connectivity index (χ1n) is 17.1. The molecule has 10 aromatic rings. The molecular formula is C46H29N5. The lowest BCUT2D eigenvalue weighted by Gasteiger charge is -2.13. The maximum atomic E-state index is 5.22. The Bertz CT molecular complexity index is 2900. The van der Waals surface area contributed by atoms with Crippen LogP contribution in [0.4, 0.5) is 0 Å². The van der Waals surface area contributed by atoms with Gasteiger partial charge in [-0.1, -0.05) is 140 Å². The van der Waals surface area contributed by atoms with Crippen LogP contribution in [0.3, 0.4) is 0 Å². The van der Waals surface area contributed by atoms with Crippen LogP contribution in [-0.2, 0) is 0 Å². The van der Waals surface area contributed by atoms with Crippen LogP contribution >= 0.6 is 0 Å².